The van der Waals surface area contributed by atoms with Gasteiger partial charge in [0.2, 0.25) is 6.29 Å². The molecule has 0 saturated carbocycles. The molecule has 2 aromatic carbocycles. The summed E-state index contributed by atoms with van der Waals surface area (Å²) in [5.74, 6) is 0.273. The summed E-state index contributed by atoms with van der Waals surface area (Å²) in [6, 6.07) is 10.5. The number of hydrogen-bond donors (Lipinski definition) is 4. The number of rotatable bonds is 3. The van der Waals surface area contributed by atoms with E-state index in [2.05, 4.69) is 0 Å². The van der Waals surface area contributed by atoms with Crippen LogP contribution in [0.4, 0.5) is 0 Å². The number of ether oxygens (including phenoxy) is 2. The zero-order chi connectivity index (χ0) is 20.0. The van der Waals surface area contributed by atoms with Crippen molar-refractivity contribution in [3.05, 3.63) is 52.4 Å². The van der Waals surface area contributed by atoms with Gasteiger partial charge in [-0.3, -0.25) is 0 Å². The fourth-order valence-electron chi connectivity index (χ4n) is 3.48. The van der Waals surface area contributed by atoms with E-state index in [4.69, 9.17) is 13.9 Å². The smallest absolute Gasteiger partial charge is 0.344 e. The van der Waals surface area contributed by atoms with Crippen molar-refractivity contribution in [2.24, 2.45) is 0 Å². The van der Waals surface area contributed by atoms with Gasteiger partial charge in [0.25, 0.3) is 0 Å². The van der Waals surface area contributed by atoms with Gasteiger partial charge in [0.1, 0.15) is 35.7 Å². The molecule has 3 aromatic rings. The third-order valence-corrected chi connectivity index (χ3v) is 5.08. The lowest BCUT2D eigenvalue weighted by atomic mass is 9.99. The van der Waals surface area contributed by atoms with Crippen LogP contribution in [0.15, 0.2) is 45.6 Å². The molecule has 8 heteroatoms. The SMILES string of the molecule is Cc1c(O[C@@H]2O[C@H](CO)[C@@H](O)[C@H](O)[C@H]2O)ccc2c1oc(=O)c1ccccc12. The first-order valence-electron chi connectivity index (χ1n) is 8.84. The van der Waals surface area contributed by atoms with Crippen LogP contribution in [0.2, 0.25) is 0 Å². The number of benzene rings is 2. The van der Waals surface area contributed by atoms with Crippen molar-refractivity contribution in [1.82, 2.24) is 0 Å². The summed E-state index contributed by atoms with van der Waals surface area (Å²) in [5.41, 5.74) is 0.374. The van der Waals surface area contributed by atoms with E-state index in [-0.39, 0.29) is 5.75 Å². The molecule has 1 saturated heterocycles. The maximum Gasteiger partial charge on any atom is 0.344 e. The number of aryl methyl sites for hydroxylation is 1. The number of hydrogen-bond acceptors (Lipinski definition) is 8. The molecule has 0 radical (unpaired) electrons. The number of fused-ring (bicyclic) bond motifs is 3. The zero-order valence-electron chi connectivity index (χ0n) is 15.0. The van der Waals surface area contributed by atoms with Gasteiger partial charge in [0, 0.05) is 10.9 Å². The summed E-state index contributed by atoms with van der Waals surface area (Å²) in [6.45, 7) is 1.14. The number of aliphatic hydroxyl groups excluding tert-OH is 4. The van der Waals surface area contributed by atoms with Crippen LogP contribution < -0.4 is 10.4 Å². The summed E-state index contributed by atoms with van der Waals surface area (Å²) in [4.78, 5) is 12.3. The molecule has 148 valence electrons. The Morgan fingerprint density at radius 3 is 2.39 bits per heavy atom. The predicted octanol–water partition coefficient (Wildman–Crippen LogP) is 0.433. The van der Waals surface area contributed by atoms with Crippen LogP contribution >= 0.6 is 0 Å². The van der Waals surface area contributed by atoms with Crippen molar-refractivity contribution >= 4 is 21.7 Å². The molecule has 28 heavy (non-hydrogen) atoms. The standard InChI is InChI=1S/C20H20O8/c1-9-13(26-20-17(24)16(23)15(22)14(8-21)27-20)7-6-11-10-4-2-3-5-12(10)19(25)28-18(9)11/h2-7,14-17,20-24H,8H2,1H3/t14-,15-,16+,17-,20-/m1/s1. The minimum absolute atomic E-state index is 0.273. The molecule has 1 fully saturated rings. The summed E-state index contributed by atoms with van der Waals surface area (Å²) in [7, 11) is 0. The van der Waals surface area contributed by atoms with E-state index < -0.39 is 42.9 Å². The largest absolute Gasteiger partial charge is 0.462 e. The second kappa shape index (κ2) is 7.16. The fraction of sp³-hybridized carbons (Fsp3) is 0.350. The third kappa shape index (κ3) is 2.95. The van der Waals surface area contributed by atoms with Crippen LogP contribution in [0.25, 0.3) is 21.7 Å². The van der Waals surface area contributed by atoms with Crippen LogP contribution in [0, 0.1) is 6.92 Å². The summed E-state index contributed by atoms with van der Waals surface area (Å²) >= 11 is 0. The normalized spacial score (nSPS) is 28.0. The maximum atomic E-state index is 12.3. The first kappa shape index (κ1) is 18.9. The Bertz CT molecular complexity index is 1070. The summed E-state index contributed by atoms with van der Waals surface area (Å²) in [5, 5.41) is 41.2. The first-order chi connectivity index (χ1) is 13.4. The third-order valence-electron chi connectivity index (χ3n) is 5.08. The molecular formula is C20H20O8. The van der Waals surface area contributed by atoms with E-state index in [1.54, 1.807) is 31.2 Å². The van der Waals surface area contributed by atoms with Gasteiger partial charge in [0.05, 0.1) is 12.0 Å². The molecule has 8 nitrogen and oxygen atoms in total. The van der Waals surface area contributed by atoms with Gasteiger partial charge >= 0.3 is 5.63 Å². The van der Waals surface area contributed by atoms with Crippen LogP contribution in [0.5, 0.6) is 5.75 Å². The van der Waals surface area contributed by atoms with Crippen molar-refractivity contribution in [2.45, 2.75) is 37.6 Å². The van der Waals surface area contributed by atoms with Gasteiger partial charge in [-0.2, -0.15) is 0 Å². The molecule has 2 heterocycles. The Morgan fingerprint density at radius 2 is 1.68 bits per heavy atom. The summed E-state index contributed by atoms with van der Waals surface area (Å²) < 4.78 is 16.5. The Morgan fingerprint density at radius 1 is 0.964 bits per heavy atom. The minimum atomic E-state index is -1.54. The Balaban J connectivity index is 1.75. The van der Waals surface area contributed by atoms with Crippen molar-refractivity contribution < 1.29 is 34.3 Å². The van der Waals surface area contributed by atoms with Crippen molar-refractivity contribution in [1.29, 1.82) is 0 Å². The first-order valence-corrected chi connectivity index (χ1v) is 8.84. The van der Waals surface area contributed by atoms with Crippen LogP contribution in [-0.4, -0.2) is 57.7 Å². The second-order valence-corrected chi connectivity index (χ2v) is 6.82. The molecule has 1 aromatic heterocycles. The molecule has 4 rings (SSSR count). The highest BCUT2D eigenvalue weighted by molar-refractivity contribution is 6.05. The Kier molecular flexibility index (Phi) is 4.82. The highest BCUT2D eigenvalue weighted by atomic mass is 16.7. The molecule has 1 aliphatic rings. The molecule has 0 spiro atoms. The van der Waals surface area contributed by atoms with Gasteiger partial charge in [-0.25, -0.2) is 4.79 Å². The predicted molar refractivity (Wildman–Crippen MR) is 99.1 cm³/mol. The maximum absolute atomic E-state index is 12.3. The van der Waals surface area contributed by atoms with Crippen LogP contribution in [-0.2, 0) is 4.74 Å². The molecule has 4 N–H and O–H groups in total. The van der Waals surface area contributed by atoms with E-state index in [0.29, 0.717) is 16.5 Å². The van der Waals surface area contributed by atoms with Crippen molar-refractivity contribution in [3.63, 3.8) is 0 Å². The highest BCUT2D eigenvalue weighted by Gasteiger charge is 2.44. The quantitative estimate of drug-likeness (QED) is 0.376. The lowest BCUT2D eigenvalue weighted by Crippen LogP contribution is -2.60. The Labute approximate surface area is 159 Å². The second-order valence-electron chi connectivity index (χ2n) is 6.82. The molecular weight excluding hydrogens is 368 g/mol. The molecule has 0 amide bonds. The van der Waals surface area contributed by atoms with Gasteiger partial charge in [-0.1, -0.05) is 18.2 Å². The van der Waals surface area contributed by atoms with Gasteiger partial charge < -0.3 is 34.3 Å². The van der Waals surface area contributed by atoms with Gasteiger partial charge in [-0.15, -0.1) is 0 Å². The van der Waals surface area contributed by atoms with E-state index in [1.807, 2.05) is 12.1 Å². The van der Waals surface area contributed by atoms with Crippen molar-refractivity contribution in [3.8, 4) is 5.75 Å². The average Bonchev–Trinajstić information content (AvgIpc) is 2.71. The molecule has 0 bridgehead atoms. The number of aliphatic hydroxyl groups is 4. The summed E-state index contributed by atoms with van der Waals surface area (Å²) in [6.07, 6.45) is -6.94. The zero-order valence-corrected chi connectivity index (χ0v) is 15.0. The van der Waals surface area contributed by atoms with E-state index in [1.165, 1.54) is 0 Å². The molecule has 0 unspecified atom stereocenters. The Hall–Kier alpha value is -2.49. The topological polar surface area (TPSA) is 130 Å². The van der Waals surface area contributed by atoms with E-state index in [9.17, 15) is 25.2 Å². The van der Waals surface area contributed by atoms with E-state index >= 15 is 0 Å². The van der Waals surface area contributed by atoms with E-state index in [0.717, 1.165) is 10.8 Å². The molecule has 1 aliphatic heterocycles. The van der Waals surface area contributed by atoms with Crippen LogP contribution in [0.3, 0.4) is 0 Å². The molecule has 0 aliphatic carbocycles. The lowest BCUT2D eigenvalue weighted by Gasteiger charge is -2.39. The van der Waals surface area contributed by atoms with Crippen molar-refractivity contribution in [2.75, 3.05) is 6.61 Å². The van der Waals surface area contributed by atoms with Gasteiger partial charge in [-0.05, 0) is 30.5 Å². The highest BCUT2D eigenvalue weighted by Crippen LogP contribution is 2.33. The minimum Gasteiger partial charge on any atom is -0.462 e. The monoisotopic (exact) mass is 388 g/mol. The van der Waals surface area contributed by atoms with Crippen LogP contribution in [0.1, 0.15) is 5.56 Å². The fourth-order valence-corrected chi connectivity index (χ4v) is 3.48. The average molecular weight is 388 g/mol. The lowest BCUT2D eigenvalue weighted by molar-refractivity contribution is -0.277. The molecule has 5 atom stereocenters. The van der Waals surface area contributed by atoms with Gasteiger partial charge in [0.15, 0.2) is 0 Å².